The van der Waals surface area contributed by atoms with Crippen LogP contribution in [0.3, 0.4) is 0 Å². The first-order valence-corrected chi connectivity index (χ1v) is 6.96. The lowest BCUT2D eigenvalue weighted by atomic mass is 10.2. The number of nitrogens with zero attached hydrogens (tertiary/aromatic N) is 5. The Morgan fingerprint density at radius 1 is 1.30 bits per heavy atom. The van der Waals surface area contributed by atoms with Crippen molar-refractivity contribution in [2.75, 3.05) is 24.5 Å². The lowest BCUT2D eigenvalue weighted by molar-refractivity contribution is -0.00537. The van der Waals surface area contributed by atoms with Crippen molar-refractivity contribution in [1.29, 1.82) is 0 Å². The standard InChI is InChI=1S/C13H20N6O/c1-9-6-18(7-10(2)20-9)12-11-5-17-19(4-3-14)13(11)16-8-15-12/h5,8-10H,3-4,6-7,14H2,1-2H3/t9-,10-/m1/s1. The summed E-state index contributed by atoms with van der Waals surface area (Å²) < 4.78 is 7.60. The highest BCUT2D eigenvalue weighted by atomic mass is 16.5. The molecular formula is C13H20N6O. The van der Waals surface area contributed by atoms with Crippen LogP contribution < -0.4 is 10.6 Å². The average Bonchev–Trinajstić information content (AvgIpc) is 2.81. The Kier molecular flexibility index (Phi) is 3.54. The normalized spacial score (nSPS) is 23.4. The van der Waals surface area contributed by atoms with Gasteiger partial charge in [-0.1, -0.05) is 0 Å². The molecule has 3 rings (SSSR count). The van der Waals surface area contributed by atoms with Crippen LogP contribution in [0.5, 0.6) is 0 Å². The highest BCUT2D eigenvalue weighted by Gasteiger charge is 2.25. The maximum atomic E-state index is 5.77. The molecule has 2 aromatic heterocycles. The number of aromatic nitrogens is 4. The lowest BCUT2D eigenvalue weighted by Gasteiger charge is -2.36. The van der Waals surface area contributed by atoms with E-state index in [9.17, 15) is 0 Å². The molecule has 1 aliphatic rings. The minimum absolute atomic E-state index is 0.197. The van der Waals surface area contributed by atoms with Gasteiger partial charge in [-0.15, -0.1) is 0 Å². The summed E-state index contributed by atoms with van der Waals surface area (Å²) in [5.41, 5.74) is 6.44. The largest absolute Gasteiger partial charge is 0.372 e. The van der Waals surface area contributed by atoms with Gasteiger partial charge in [-0.05, 0) is 13.8 Å². The Morgan fingerprint density at radius 2 is 2.05 bits per heavy atom. The molecule has 0 amide bonds. The SMILES string of the molecule is C[C@@H]1CN(c2ncnc3c2cnn3CCN)C[C@@H](C)O1. The molecule has 1 aliphatic heterocycles. The highest BCUT2D eigenvalue weighted by Crippen LogP contribution is 2.25. The van der Waals surface area contributed by atoms with Crippen LogP contribution in [0.15, 0.2) is 12.5 Å². The van der Waals surface area contributed by atoms with Crippen molar-refractivity contribution in [3.8, 4) is 0 Å². The molecule has 0 saturated carbocycles. The first-order chi connectivity index (χ1) is 9.69. The van der Waals surface area contributed by atoms with E-state index in [2.05, 4.69) is 33.8 Å². The molecule has 0 aliphatic carbocycles. The second-order valence-corrected chi connectivity index (χ2v) is 5.25. The van der Waals surface area contributed by atoms with E-state index in [1.807, 2.05) is 10.9 Å². The fourth-order valence-electron chi connectivity index (χ4n) is 2.77. The number of ether oxygens (including phenoxy) is 1. The second kappa shape index (κ2) is 5.34. The Balaban J connectivity index is 1.99. The maximum Gasteiger partial charge on any atom is 0.163 e. The van der Waals surface area contributed by atoms with Crippen LogP contribution in [0, 0.1) is 0 Å². The van der Waals surface area contributed by atoms with Gasteiger partial charge in [0.15, 0.2) is 5.65 Å². The van der Waals surface area contributed by atoms with E-state index >= 15 is 0 Å². The number of rotatable bonds is 3. The Morgan fingerprint density at radius 3 is 2.75 bits per heavy atom. The summed E-state index contributed by atoms with van der Waals surface area (Å²) in [6.45, 7) is 7.03. The first kappa shape index (κ1) is 13.3. The van der Waals surface area contributed by atoms with Crippen molar-refractivity contribution in [2.45, 2.75) is 32.6 Å². The second-order valence-electron chi connectivity index (χ2n) is 5.25. The van der Waals surface area contributed by atoms with Gasteiger partial charge in [0.25, 0.3) is 0 Å². The zero-order chi connectivity index (χ0) is 14.1. The van der Waals surface area contributed by atoms with Crippen LogP contribution >= 0.6 is 0 Å². The van der Waals surface area contributed by atoms with Gasteiger partial charge in [0.2, 0.25) is 0 Å². The zero-order valence-corrected chi connectivity index (χ0v) is 11.9. The van der Waals surface area contributed by atoms with Gasteiger partial charge in [0.1, 0.15) is 12.1 Å². The monoisotopic (exact) mass is 276 g/mol. The number of anilines is 1. The van der Waals surface area contributed by atoms with Crippen LogP contribution in [-0.4, -0.2) is 51.6 Å². The molecular weight excluding hydrogens is 256 g/mol. The zero-order valence-electron chi connectivity index (χ0n) is 11.9. The van der Waals surface area contributed by atoms with E-state index in [-0.39, 0.29) is 12.2 Å². The molecule has 2 aromatic rings. The highest BCUT2D eigenvalue weighted by molar-refractivity contribution is 5.86. The predicted octanol–water partition coefficient (Wildman–Crippen LogP) is 0.399. The van der Waals surface area contributed by atoms with Crippen molar-refractivity contribution in [3.05, 3.63) is 12.5 Å². The number of hydrogen-bond donors (Lipinski definition) is 1. The summed E-state index contributed by atoms with van der Waals surface area (Å²) in [5, 5.41) is 5.33. The third kappa shape index (κ3) is 2.34. The topological polar surface area (TPSA) is 82.1 Å². The number of hydrogen-bond acceptors (Lipinski definition) is 6. The van der Waals surface area contributed by atoms with Crippen LogP contribution in [0.25, 0.3) is 11.0 Å². The molecule has 0 spiro atoms. The maximum absolute atomic E-state index is 5.77. The van der Waals surface area contributed by atoms with Gasteiger partial charge >= 0.3 is 0 Å². The summed E-state index contributed by atoms with van der Waals surface area (Å²) in [4.78, 5) is 11.0. The fraction of sp³-hybridized carbons (Fsp3) is 0.615. The molecule has 2 atom stereocenters. The van der Waals surface area contributed by atoms with Crippen molar-refractivity contribution in [2.24, 2.45) is 5.73 Å². The Bertz CT molecular complexity index is 588. The molecule has 0 aromatic carbocycles. The number of morpholine rings is 1. The molecule has 108 valence electrons. The average molecular weight is 276 g/mol. The molecule has 3 heterocycles. The van der Waals surface area contributed by atoms with Crippen molar-refractivity contribution < 1.29 is 4.74 Å². The van der Waals surface area contributed by atoms with E-state index in [1.54, 1.807) is 6.33 Å². The minimum Gasteiger partial charge on any atom is -0.372 e. The summed E-state index contributed by atoms with van der Waals surface area (Å²) in [6.07, 6.45) is 3.81. The Hall–Kier alpha value is -1.73. The van der Waals surface area contributed by atoms with E-state index in [0.717, 1.165) is 29.9 Å². The smallest absolute Gasteiger partial charge is 0.163 e. The molecule has 0 radical (unpaired) electrons. The molecule has 2 N–H and O–H groups in total. The van der Waals surface area contributed by atoms with Gasteiger partial charge < -0.3 is 15.4 Å². The van der Waals surface area contributed by atoms with Gasteiger partial charge in [-0.2, -0.15) is 5.10 Å². The van der Waals surface area contributed by atoms with E-state index in [0.29, 0.717) is 13.1 Å². The van der Waals surface area contributed by atoms with Crippen molar-refractivity contribution in [3.63, 3.8) is 0 Å². The summed E-state index contributed by atoms with van der Waals surface area (Å²) >= 11 is 0. The molecule has 0 unspecified atom stereocenters. The molecule has 7 heteroatoms. The molecule has 1 fully saturated rings. The van der Waals surface area contributed by atoms with E-state index < -0.39 is 0 Å². The van der Waals surface area contributed by atoms with E-state index in [4.69, 9.17) is 10.5 Å². The molecule has 20 heavy (non-hydrogen) atoms. The summed E-state index contributed by atoms with van der Waals surface area (Å²) in [6, 6.07) is 0. The van der Waals surface area contributed by atoms with Crippen LogP contribution in [0.4, 0.5) is 5.82 Å². The number of fused-ring (bicyclic) bond motifs is 1. The number of nitrogens with two attached hydrogens (primary N) is 1. The van der Waals surface area contributed by atoms with Crippen LogP contribution in [-0.2, 0) is 11.3 Å². The van der Waals surface area contributed by atoms with E-state index in [1.165, 1.54) is 0 Å². The third-order valence-corrected chi connectivity index (χ3v) is 3.47. The lowest BCUT2D eigenvalue weighted by Crippen LogP contribution is -2.45. The predicted molar refractivity (Wildman–Crippen MR) is 76.6 cm³/mol. The van der Waals surface area contributed by atoms with Crippen molar-refractivity contribution in [1.82, 2.24) is 19.7 Å². The molecule has 0 bridgehead atoms. The fourth-order valence-corrected chi connectivity index (χ4v) is 2.77. The van der Waals surface area contributed by atoms with Gasteiger partial charge in [0.05, 0.1) is 30.3 Å². The van der Waals surface area contributed by atoms with Gasteiger partial charge in [-0.25, -0.2) is 14.6 Å². The van der Waals surface area contributed by atoms with Crippen LogP contribution in [0.2, 0.25) is 0 Å². The third-order valence-electron chi connectivity index (χ3n) is 3.47. The molecule has 7 nitrogen and oxygen atoms in total. The van der Waals surface area contributed by atoms with Crippen molar-refractivity contribution >= 4 is 16.9 Å². The summed E-state index contributed by atoms with van der Waals surface area (Å²) in [7, 11) is 0. The summed E-state index contributed by atoms with van der Waals surface area (Å²) in [5.74, 6) is 0.931. The minimum atomic E-state index is 0.197. The first-order valence-electron chi connectivity index (χ1n) is 6.96. The van der Waals surface area contributed by atoms with Gasteiger partial charge in [0, 0.05) is 19.6 Å². The quantitative estimate of drug-likeness (QED) is 0.873. The van der Waals surface area contributed by atoms with Crippen LogP contribution in [0.1, 0.15) is 13.8 Å². The Labute approximate surface area is 117 Å². The molecule has 1 saturated heterocycles. The van der Waals surface area contributed by atoms with Gasteiger partial charge in [-0.3, -0.25) is 0 Å².